The van der Waals surface area contributed by atoms with Gasteiger partial charge in [-0.1, -0.05) is 11.6 Å². The molecule has 0 saturated carbocycles. The van der Waals surface area contributed by atoms with E-state index in [1.54, 1.807) is 48.3 Å². The van der Waals surface area contributed by atoms with E-state index < -0.39 is 6.10 Å². The zero-order valence-electron chi connectivity index (χ0n) is 9.38. The van der Waals surface area contributed by atoms with Crippen molar-refractivity contribution in [2.24, 2.45) is 0 Å². The van der Waals surface area contributed by atoms with Crippen molar-refractivity contribution in [3.05, 3.63) is 41.7 Å². The molecular weight excluding hydrogens is 240 g/mol. The Kier molecular flexibility index (Phi) is 3.66. The number of nitrogens with zero attached hydrogens (tertiary/aromatic N) is 2. The average molecular weight is 253 g/mol. The molecule has 0 aliphatic heterocycles. The van der Waals surface area contributed by atoms with Crippen molar-refractivity contribution in [2.75, 3.05) is 0 Å². The third-order valence-electron chi connectivity index (χ3n) is 2.11. The van der Waals surface area contributed by atoms with Gasteiger partial charge in [-0.3, -0.25) is 4.68 Å². The van der Waals surface area contributed by atoms with E-state index in [9.17, 15) is 5.11 Å². The van der Waals surface area contributed by atoms with Crippen molar-refractivity contribution < 1.29 is 9.84 Å². The molecular formula is C12H13ClN2O2. The number of hydrogen-bond donors (Lipinski definition) is 1. The lowest BCUT2D eigenvalue weighted by molar-refractivity contribution is 0.168. The molecule has 0 saturated heterocycles. The van der Waals surface area contributed by atoms with Crippen LogP contribution in [0.3, 0.4) is 0 Å². The van der Waals surface area contributed by atoms with Crippen molar-refractivity contribution in [1.82, 2.24) is 9.78 Å². The summed E-state index contributed by atoms with van der Waals surface area (Å²) in [5, 5.41) is 14.0. The first-order valence-electron chi connectivity index (χ1n) is 5.27. The first-order chi connectivity index (χ1) is 8.13. The van der Waals surface area contributed by atoms with E-state index >= 15 is 0 Å². The predicted molar refractivity (Wildman–Crippen MR) is 65.4 cm³/mol. The molecule has 2 rings (SSSR count). The molecule has 0 radical (unpaired) electrons. The fourth-order valence-corrected chi connectivity index (χ4v) is 1.53. The van der Waals surface area contributed by atoms with E-state index in [1.165, 1.54) is 0 Å². The van der Waals surface area contributed by atoms with Gasteiger partial charge in [-0.2, -0.15) is 5.10 Å². The molecule has 90 valence electrons. The normalized spacial score (nSPS) is 12.4. The molecule has 1 unspecified atom stereocenters. The Bertz CT molecular complexity index is 480. The highest BCUT2D eigenvalue weighted by atomic mass is 35.5. The van der Waals surface area contributed by atoms with E-state index in [0.29, 0.717) is 23.1 Å². The van der Waals surface area contributed by atoms with Crippen molar-refractivity contribution in [3.63, 3.8) is 0 Å². The number of aromatic nitrogens is 2. The van der Waals surface area contributed by atoms with Crippen LogP contribution >= 0.6 is 11.6 Å². The second kappa shape index (κ2) is 5.21. The van der Waals surface area contributed by atoms with E-state index in [4.69, 9.17) is 16.3 Å². The topological polar surface area (TPSA) is 47.3 Å². The predicted octanol–water partition coefficient (Wildman–Crippen LogP) is 2.71. The van der Waals surface area contributed by atoms with Gasteiger partial charge in [0.1, 0.15) is 5.75 Å². The number of ether oxygens (including phenoxy) is 1. The van der Waals surface area contributed by atoms with Crippen LogP contribution in [0.2, 0.25) is 5.02 Å². The third-order valence-corrected chi connectivity index (χ3v) is 2.36. The number of aliphatic hydroxyl groups excluding tert-OH is 1. The number of benzene rings is 1. The van der Waals surface area contributed by atoms with Crippen LogP contribution in [0.4, 0.5) is 0 Å². The van der Waals surface area contributed by atoms with E-state index in [0.717, 1.165) is 0 Å². The molecule has 2 aromatic rings. The van der Waals surface area contributed by atoms with Crippen molar-refractivity contribution in [3.8, 4) is 11.5 Å². The molecule has 1 aromatic heterocycles. The van der Waals surface area contributed by atoms with Crippen molar-refractivity contribution in [1.29, 1.82) is 0 Å². The van der Waals surface area contributed by atoms with Gasteiger partial charge in [0.05, 0.1) is 25.0 Å². The zero-order chi connectivity index (χ0) is 12.3. The Labute approximate surface area is 104 Å². The van der Waals surface area contributed by atoms with Crippen LogP contribution in [0.25, 0.3) is 0 Å². The molecule has 4 nitrogen and oxygen atoms in total. The molecule has 0 aliphatic carbocycles. The lowest BCUT2D eigenvalue weighted by atomic mass is 10.3. The molecule has 0 bridgehead atoms. The van der Waals surface area contributed by atoms with Crippen LogP contribution in [0.15, 0.2) is 36.7 Å². The first-order valence-corrected chi connectivity index (χ1v) is 5.65. The van der Waals surface area contributed by atoms with Crippen LogP contribution < -0.4 is 4.74 Å². The highest BCUT2D eigenvalue weighted by Crippen LogP contribution is 2.22. The maximum atomic E-state index is 9.22. The Morgan fingerprint density at radius 3 is 2.71 bits per heavy atom. The van der Waals surface area contributed by atoms with Gasteiger partial charge < -0.3 is 9.84 Å². The second-order valence-corrected chi connectivity index (χ2v) is 4.24. The lowest BCUT2D eigenvalue weighted by Gasteiger charge is -2.03. The minimum absolute atomic E-state index is 0.432. The maximum Gasteiger partial charge on any atom is 0.165 e. The van der Waals surface area contributed by atoms with Crippen LogP contribution in [0.1, 0.15) is 6.92 Å². The molecule has 1 N–H and O–H groups in total. The summed E-state index contributed by atoms with van der Waals surface area (Å²) < 4.78 is 7.21. The maximum absolute atomic E-state index is 9.22. The second-order valence-electron chi connectivity index (χ2n) is 3.80. The fourth-order valence-electron chi connectivity index (χ4n) is 1.41. The Morgan fingerprint density at radius 1 is 1.35 bits per heavy atom. The van der Waals surface area contributed by atoms with Crippen LogP contribution in [-0.2, 0) is 6.54 Å². The Morgan fingerprint density at radius 2 is 2.06 bits per heavy atom. The molecule has 0 aliphatic rings. The van der Waals surface area contributed by atoms with Gasteiger partial charge >= 0.3 is 0 Å². The number of aliphatic hydroxyl groups is 1. The number of halogens is 1. The Hall–Kier alpha value is -1.52. The molecule has 1 heterocycles. The summed E-state index contributed by atoms with van der Waals surface area (Å²) in [6.07, 6.45) is 2.91. The largest absolute Gasteiger partial charge is 0.454 e. The SMILES string of the molecule is CC(O)Cn1cc(Oc2ccc(Cl)cc2)cn1. The summed E-state index contributed by atoms with van der Waals surface area (Å²) in [4.78, 5) is 0. The average Bonchev–Trinajstić information content (AvgIpc) is 2.68. The standard InChI is InChI=1S/C12H13ClN2O2/c1-9(16)7-15-8-12(6-14-15)17-11-4-2-10(13)3-5-11/h2-6,8-9,16H,7H2,1H3. The van der Waals surface area contributed by atoms with Gasteiger partial charge in [0.25, 0.3) is 0 Å². The number of rotatable bonds is 4. The summed E-state index contributed by atoms with van der Waals surface area (Å²) >= 11 is 5.78. The minimum atomic E-state index is -0.432. The van der Waals surface area contributed by atoms with Crippen molar-refractivity contribution in [2.45, 2.75) is 19.6 Å². The monoisotopic (exact) mass is 252 g/mol. The molecule has 1 atom stereocenters. The summed E-state index contributed by atoms with van der Waals surface area (Å²) in [5.41, 5.74) is 0. The summed E-state index contributed by atoms with van der Waals surface area (Å²) in [6.45, 7) is 2.16. The van der Waals surface area contributed by atoms with Crippen LogP contribution in [-0.4, -0.2) is 21.0 Å². The van der Waals surface area contributed by atoms with E-state index in [1.807, 2.05) is 0 Å². The van der Waals surface area contributed by atoms with E-state index in [2.05, 4.69) is 5.10 Å². The van der Waals surface area contributed by atoms with Crippen LogP contribution in [0.5, 0.6) is 11.5 Å². The molecule has 5 heteroatoms. The van der Waals surface area contributed by atoms with Gasteiger partial charge in [0, 0.05) is 5.02 Å². The third kappa shape index (κ3) is 3.47. The van der Waals surface area contributed by atoms with Crippen LogP contribution in [0, 0.1) is 0 Å². The highest BCUT2D eigenvalue weighted by molar-refractivity contribution is 6.30. The minimum Gasteiger partial charge on any atom is -0.454 e. The van der Waals surface area contributed by atoms with Gasteiger partial charge in [0.15, 0.2) is 5.75 Å². The Balaban J connectivity index is 2.03. The smallest absolute Gasteiger partial charge is 0.165 e. The molecule has 0 fully saturated rings. The molecule has 17 heavy (non-hydrogen) atoms. The van der Waals surface area contributed by atoms with Gasteiger partial charge in [0.2, 0.25) is 0 Å². The van der Waals surface area contributed by atoms with Crippen molar-refractivity contribution >= 4 is 11.6 Å². The molecule has 1 aromatic carbocycles. The van der Waals surface area contributed by atoms with Gasteiger partial charge in [-0.15, -0.1) is 0 Å². The quantitative estimate of drug-likeness (QED) is 0.910. The highest BCUT2D eigenvalue weighted by Gasteiger charge is 2.03. The van der Waals surface area contributed by atoms with Gasteiger partial charge in [-0.25, -0.2) is 0 Å². The lowest BCUT2D eigenvalue weighted by Crippen LogP contribution is -2.11. The van der Waals surface area contributed by atoms with E-state index in [-0.39, 0.29) is 0 Å². The molecule has 0 spiro atoms. The first kappa shape index (κ1) is 12.0. The fraction of sp³-hybridized carbons (Fsp3) is 0.250. The number of hydrogen-bond acceptors (Lipinski definition) is 3. The summed E-state index contributed by atoms with van der Waals surface area (Å²) in [7, 11) is 0. The summed E-state index contributed by atoms with van der Waals surface area (Å²) in [6, 6.07) is 7.09. The zero-order valence-corrected chi connectivity index (χ0v) is 10.1. The van der Waals surface area contributed by atoms with Gasteiger partial charge in [-0.05, 0) is 31.2 Å². The summed E-state index contributed by atoms with van der Waals surface area (Å²) in [5.74, 6) is 1.33. The molecule has 0 amide bonds.